The Bertz CT molecular complexity index is 416. The smallest absolute Gasteiger partial charge is 0.156 e. The third-order valence-corrected chi connectivity index (χ3v) is 2.41. The first-order valence-corrected chi connectivity index (χ1v) is 4.75. The zero-order valence-electron chi connectivity index (χ0n) is 7.09. The number of furan rings is 1. The van der Waals surface area contributed by atoms with Gasteiger partial charge in [-0.05, 0) is 22.0 Å². The maximum atomic E-state index is 9.84. The number of hydrogen-bond donors (Lipinski definition) is 1. The number of halogens is 1. The lowest BCUT2D eigenvalue weighted by molar-refractivity contribution is 0.183. The molecule has 2 aromatic rings. The third kappa shape index (κ3) is 1.69. The highest BCUT2D eigenvalue weighted by atomic mass is 79.9. The van der Waals surface area contributed by atoms with Crippen molar-refractivity contribution in [1.82, 2.24) is 9.97 Å². The van der Waals surface area contributed by atoms with Crippen molar-refractivity contribution in [2.24, 2.45) is 0 Å². The van der Waals surface area contributed by atoms with E-state index in [-0.39, 0.29) is 0 Å². The molecule has 0 radical (unpaired) electrons. The van der Waals surface area contributed by atoms with Crippen molar-refractivity contribution < 1.29 is 9.52 Å². The fourth-order valence-corrected chi connectivity index (χ4v) is 1.50. The normalized spacial score (nSPS) is 12.7. The lowest BCUT2D eigenvalue weighted by atomic mass is 10.2. The molecule has 0 aromatic carbocycles. The van der Waals surface area contributed by atoms with Gasteiger partial charge in [0.1, 0.15) is 0 Å². The molecule has 2 aromatic heterocycles. The number of hydrogen-bond acceptors (Lipinski definition) is 4. The molecule has 0 spiro atoms. The van der Waals surface area contributed by atoms with Crippen molar-refractivity contribution in [2.45, 2.75) is 6.10 Å². The largest absolute Gasteiger partial charge is 0.465 e. The molecular weight excluding hydrogens is 248 g/mol. The molecule has 0 aliphatic carbocycles. The molecule has 2 heterocycles. The number of aromatic nitrogens is 2. The Balaban J connectivity index is 2.34. The molecule has 1 N–H and O–H groups in total. The molecule has 0 amide bonds. The molecule has 5 heteroatoms. The van der Waals surface area contributed by atoms with E-state index in [0.717, 1.165) is 4.47 Å². The van der Waals surface area contributed by atoms with Crippen LogP contribution >= 0.6 is 15.9 Å². The van der Waals surface area contributed by atoms with E-state index in [1.54, 1.807) is 12.3 Å². The van der Waals surface area contributed by atoms with Crippen LogP contribution in [0.3, 0.4) is 0 Å². The molecule has 1 atom stereocenters. The Morgan fingerprint density at radius 3 is 2.86 bits per heavy atom. The number of aliphatic hydroxyl groups is 1. The van der Waals surface area contributed by atoms with Crippen LogP contribution in [0.15, 0.2) is 39.8 Å². The van der Waals surface area contributed by atoms with Gasteiger partial charge in [-0.1, -0.05) is 0 Å². The van der Waals surface area contributed by atoms with Crippen molar-refractivity contribution >= 4 is 15.9 Å². The minimum atomic E-state index is -0.881. The van der Waals surface area contributed by atoms with Gasteiger partial charge in [-0.15, -0.1) is 0 Å². The SMILES string of the molecule is OC(c1cnccn1)c1occc1Br. The highest BCUT2D eigenvalue weighted by Crippen LogP contribution is 2.27. The summed E-state index contributed by atoms with van der Waals surface area (Å²) >= 11 is 3.26. The second-order valence-electron chi connectivity index (χ2n) is 2.67. The van der Waals surface area contributed by atoms with Gasteiger partial charge >= 0.3 is 0 Å². The van der Waals surface area contributed by atoms with Crippen molar-refractivity contribution in [3.8, 4) is 0 Å². The fourth-order valence-electron chi connectivity index (χ4n) is 1.09. The maximum Gasteiger partial charge on any atom is 0.156 e. The first-order chi connectivity index (χ1) is 6.79. The summed E-state index contributed by atoms with van der Waals surface area (Å²) < 4.78 is 5.83. The van der Waals surface area contributed by atoms with E-state index in [2.05, 4.69) is 25.9 Å². The predicted octanol–water partition coefficient (Wildman–Crippen LogP) is 1.91. The Kier molecular flexibility index (Phi) is 2.60. The summed E-state index contributed by atoms with van der Waals surface area (Å²) in [5.74, 6) is 0.436. The lowest BCUT2D eigenvalue weighted by Gasteiger charge is -2.06. The van der Waals surface area contributed by atoms with E-state index in [1.165, 1.54) is 18.7 Å². The van der Waals surface area contributed by atoms with E-state index >= 15 is 0 Å². The summed E-state index contributed by atoms with van der Waals surface area (Å²) in [6.45, 7) is 0. The van der Waals surface area contributed by atoms with Crippen LogP contribution in [0.1, 0.15) is 17.6 Å². The van der Waals surface area contributed by atoms with Crippen LogP contribution in [0.25, 0.3) is 0 Å². The summed E-state index contributed by atoms with van der Waals surface area (Å²) in [4.78, 5) is 7.85. The number of aliphatic hydroxyl groups excluding tert-OH is 1. The minimum Gasteiger partial charge on any atom is -0.465 e. The first-order valence-electron chi connectivity index (χ1n) is 3.96. The molecule has 0 saturated heterocycles. The summed E-state index contributed by atoms with van der Waals surface area (Å²) in [6, 6.07) is 1.72. The number of nitrogens with zero attached hydrogens (tertiary/aromatic N) is 2. The quantitative estimate of drug-likeness (QED) is 0.890. The van der Waals surface area contributed by atoms with Gasteiger partial charge in [0.25, 0.3) is 0 Å². The Labute approximate surface area is 88.7 Å². The van der Waals surface area contributed by atoms with Gasteiger partial charge in [0.05, 0.1) is 22.6 Å². The zero-order chi connectivity index (χ0) is 9.97. The second-order valence-corrected chi connectivity index (χ2v) is 3.52. The van der Waals surface area contributed by atoms with Gasteiger partial charge in [0, 0.05) is 12.4 Å². The minimum absolute atomic E-state index is 0.436. The number of rotatable bonds is 2. The molecule has 72 valence electrons. The fraction of sp³-hybridized carbons (Fsp3) is 0.111. The van der Waals surface area contributed by atoms with E-state index in [9.17, 15) is 5.11 Å². The van der Waals surface area contributed by atoms with Gasteiger partial charge < -0.3 is 9.52 Å². The topological polar surface area (TPSA) is 59.2 Å². The van der Waals surface area contributed by atoms with E-state index < -0.39 is 6.10 Å². The van der Waals surface area contributed by atoms with Crippen LogP contribution in [0.5, 0.6) is 0 Å². The average Bonchev–Trinajstić information content (AvgIpc) is 2.65. The van der Waals surface area contributed by atoms with Crippen LogP contribution in [0.2, 0.25) is 0 Å². The molecule has 0 bridgehead atoms. The monoisotopic (exact) mass is 254 g/mol. The molecule has 0 saturated carbocycles. The molecule has 0 aliphatic heterocycles. The highest BCUT2D eigenvalue weighted by Gasteiger charge is 2.17. The Morgan fingerprint density at radius 1 is 1.43 bits per heavy atom. The zero-order valence-corrected chi connectivity index (χ0v) is 8.68. The van der Waals surface area contributed by atoms with Crippen molar-refractivity contribution in [3.63, 3.8) is 0 Å². The van der Waals surface area contributed by atoms with Gasteiger partial charge in [-0.25, -0.2) is 0 Å². The van der Waals surface area contributed by atoms with Crippen LogP contribution in [-0.2, 0) is 0 Å². The molecule has 14 heavy (non-hydrogen) atoms. The standard InChI is InChI=1S/C9H7BrN2O2/c10-6-1-4-14-9(6)8(13)7-5-11-2-3-12-7/h1-5,8,13H. The summed E-state index contributed by atoms with van der Waals surface area (Å²) in [5, 5.41) is 9.84. The molecule has 0 aliphatic rings. The average molecular weight is 255 g/mol. The van der Waals surface area contributed by atoms with E-state index in [4.69, 9.17) is 4.42 Å². The van der Waals surface area contributed by atoms with Gasteiger partial charge in [0.15, 0.2) is 11.9 Å². The molecule has 0 fully saturated rings. The van der Waals surface area contributed by atoms with Crippen molar-refractivity contribution in [3.05, 3.63) is 46.8 Å². The second kappa shape index (κ2) is 3.89. The molecular formula is C9H7BrN2O2. The molecule has 1 unspecified atom stereocenters. The van der Waals surface area contributed by atoms with Gasteiger partial charge in [0.2, 0.25) is 0 Å². The van der Waals surface area contributed by atoms with Crippen LogP contribution < -0.4 is 0 Å². The molecule has 2 rings (SSSR count). The highest BCUT2D eigenvalue weighted by molar-refractivity contribution is 9.10. The van der Waals surface area contributed by atoms with Crippen LogP contribution in [0.4, 0.5) is 0 Å². The van der Waals surface area contributed by atoms with Crippen molar-refractivity contribution in [2.75, 3.05) is 0 Å². The Morgan fingerprint density at radius 2 is 2.29 bits per heavy atom. The first kappa shape index (κ1) is 9.36. The summed E-state index contributed by atoms with van der Waals surface area (Å²) in [5.41, 5.74) is 0.461. The summed E-state index contributed by atoms with van der Waals surface area (Å²) in [7, 11) is 0. The third-order valence-electron chi connectivity index (χ3n) is 1.76. The van der Waals surface area contributed by atoms with E-state index in [0.29, 0.717) is 11.5 Å². The van der Waals surface area contributed by atoms with Gasteiger partial charge in [-0.2, -0.15) is 0 Å². The maximum absolute atomic E-state index is 9.84. The van der Waals surface area contributed by atoms with Crippen LogP contribution in [0, 0.1) is 0 Å². The van der Waals surface area contributed by atoms with E-state index in [1.807, 2.05) is 0 Å². The summed E-state index contributed by atoms with van der Waals surface area (Å²) in [6.07, 6.45) is 5.19. The molecule has 4 nitrogen and oxygen atoms in total. The predicted molar refractivity (Wildman–Crippen MR) is 52.5 cm³/mol. The van der Waals surface area contributed by atoms with Crippen molar-refractivity contribution in [1.29, 1.82) is 0 Å². The van der Waals surface area contributed by atoms with Crippen LogP contribution in [-0.4, -0.2) is 15.1 Å². The Hall–Kier alpha value is -1.20. The van der Waals surface area contributed by atoms with Gasteiger partial charge in [-0.3, -0.25) is 9.97 Å². The lowest BCUT2D eigenvalue weighted by Crippen LogP contribution is -2.01.